The summed E-state index contributed by atoms with van der Waals surface area (Å²) in [5.41, 5.74) is 0. The van der Waals surface area contributed by atoms with Crippen molar-refractivity contribution in [1.82, 2.24) is 5.32 Å². The van der Waals surface area contributed by atoms with Crippen LogP contribution in [0.2, 0.25) is 0 Å². The number of unbranched alkanes of at least 4 members (excludes halogenated alkanes) is 9. The molecule has 0 aromatic carbocycles. The maximum atomic E-state index is 12.0. The van der Waals surface area contributed by atoms with Gasteiger partial charge in [0.1, 0.15) is 12.7 Å². The second kappa shape index (κ2) is 36.2. The molecule has 1 amide bonds. The van der Waals surface area contributed by atoms with Gasteiger partial charge in [-0.2, -0.15) is 0 Å². The lowest BCUT2D eigenvalue weighted by Gasteiger charge is -2.15. The number of nitrogens with one attached hydrogen (secondary N) is 1. The molecule has 0 aliphatic heterocycles. The Morgan fingerprint density at radius 2 is 1.14 bits per heavy atom. The molecule has 9 nitrogen and oxygen atoms in total. The molecule has 0 saturated carbocycles. The highest BCUT2D eigenvalue weighted by molar-refractivity contribution is 7.47. The van der Waals surface area contributed by atoms with Gasteiger partial charge in [0.2, 0.25) is 5.91 Å². The molecule has 0 radical (unpaired) electrons. The lowest BCUT2D eigenvalue weighted by atomic mass is 10.1. The van der Waals surface area contributed by atoms with Crippen LogP contribution < -0.4 is 5.32 Å². The Balaban J connectivity index is 3.73. The lowest BCUT2D eigenvalue weighted by molar-refractivity contribution is -0.147. The van der Waals surface area contributed by atoms with Gasteiger partial charge in [0.15, 0.2) is 0 Å². The van der Waals surface area contributed by atoms with Crippen molar-refractivity contribution in [2.45, 2.75) is 142 Å². The number of hydrogen-bond acceptors (Lipinski definition) is 7. The van der Waals surface area contributed by atoms with E-state index in [0.717, 1.165) is 83.5 Å². The van der Waals surface area contributed by atoms with Crippen LogP contribution in [0.3, 0.4) is 0 Å². The van der Waals surface area contributed by atoms with Crippen LogP contribution >= 0.6 is 7.82 Å². The maximum Gasteiger partial charge on any atom is 0.472 e. The minimum absolute atomic E-state index is 0.0648. The van der Waals surface area contributed by atoms with Gasteiger partial charge >= 0.3 is 13.8 Å². The molecule has 0 heterocycles. The van der Waals surface area contributed by atoms with E-state index in [9.17, 15) is 24.2 Å². The first-order chi connectivity index (χ1) is 24.3. The number of amides is 1. The number of ether oxygens (including phenoxy) is 1. The van der Waals surface area contributed by atoms with E-state index in [4.69, 9.17) is 13.8 Å². The van der Waals surface area contributed by atoms with Gasteiger partial charge in [-0.25, -0.2) is 4.57 Å². The van der Waals surface area contributed by atoms with Crippen LogP contribution in [-0.2, 0) is 27.9 Å². The summed E-state index contributed by atoms with van der Waals surface area (Å²) < 4.78 is 26.7. The van der Waals surface area contributed by atoms with E-state index in [1.165, 1.54) is 19.3 Å². The Hall–Kier alpha value is -2.55. The number of rotatable bonds is 34. The third kappa shape index (κ3) is 36.7. The molecule has 2 unspecified atom stereocenters. The smallest absolute Gasteiger partial charge is 0.463 e. The van der Waals surface area contributed by atoms with Crippen LogP contribution in [-0.4, -0.2) is 54.3 Å². The Kier molecular flexibility index (Phi) is 34.4. The molecule has 286 valence electrons. The molecule has 0 aliphatic carbocycles. The second-order valence-electron chi connectivity index (χ2n) is 12.2. The third-order valence-electron chi connectivity index (χ3n) is 7.37. The van der Waals surface area contributed by atoms with Gasteiger partial charge in [-0.1, -0.05) is 119 Å². The monoisotopic (exact) mass is 721 g/mol. The predicted octanol–water partition coefficient (Wildman–Crippen LogP) is 9.93. The Morgan fingerprint density at radius 1 is 0.640 bits per heavy atom. The van der Waals surface area contributed by atoms with Crippen LogP contribution in [0, 0.1) is 0 Å². The van der Waals surface area contributed by atoms with Crippen LogP contribution in [0.25, 0.3) is 0 Å². The van der Waals surface area contributed by atoms with Crippen molar-refractivity contribution in [3.8, 4) is 0 Å². The fraction of sp³-hybridized carbons (Fsp3) is 0.650. The number of carbonyl (C=O) groups is 2. The number of esters is 1. The molecule has 0 saturated heterocycles. The normalized spacial score (nSPS) is 14.2. The summed E-state index contributed by atoms with van der Waals surface area (Å²) in [7, 11) is -4.43. The van der Waals surface area contributed by atoms with Crippen molar-refractivity contribution in [2.24, 2.45) is 0 Å². The van der Waals surface area contributed by atoms with Gasteiger partial charge in [-0.3, -0.25) is 18.6 Å². The molecule has 2 atom stereocenters. The fourth-order valence-electron chi connectivity index (χ4n) is 4.50. The third-order valence-corrected chi connectivity index (χ3v) is 8.35. The number of aliphatic hydroxyl groups is 1. The molecular formula is C40H68NO8P. The van der Waals surface area contributed by atoms with Crippen LogP contribution in [0.5, 0.6) is 0 Å². The van der Waals surface area contributed by atoms with E-state index in [2.05, 4.69) is 92.1 Å². The zero-order valence-electron chi connectivity index (χ0n) is 31.1. The Labute approximate surface area is 303 Å². The van der Waals surface area contributed by atoms with E-state index in [1.54, 1.807) is 0 Å². The number of hydrogen-bond donors (Lipinski definition) is 3. The first kappa shape index (κ1) is 47.4. The van der Waals surface area contributed by atoms with Gasteiger partial charge in [0.25, 0.3) is 0 Å². The summed E-state index contributed by atoms with van der Waals surface area (Å²) in [5.74, 6) is -0.581. The minimum atomic E-state index is -4.43. The predicted molar refractivity (Wildman–Crippen MR) is 206 cm³/mol. The van der Waals surface area contributed by atoms with Crippen LogP contribution in [0.1, 0.15) is 136 Å². The first-order valence-electron chi connectivity index (χ1n) is 18.9. The van der Waals surface area contributed by atoms with Gasteiger partial charge in [-0.05, 0) is 77.0 Å². The highest BCUT2D eigenvalue weighted by Gasteiger charge is 2.23. The summed E-state index contributed by atoms with van der Waals surface area (Å²) in [5, 5.41) is 12.6. The molecule has 50 heavy (non-hydrogen) atoms. The number of carbonyl (C=O) groups excluding carboxylic acids is 2. The van der Waals surface area contributed by atoms with Crippen molar-refractivity contribution < 1.29 is 37.9 Å². The Bertz CT molecular complexity index is 1050. The quantitative estimate of drug-likeness (QED) is 0.0259. The summed E-state index contributed by atoms with van der Waals surface area (Å²) in [4.78, 5) is 33.7. The zero-order chi connectivity index (χ0) is 36.8. The average molecular weight is 722 g/mol. The first-order valence-corrected chi connectivity index (χ1v) is 20.4. The van der Waals surface area contributed by atoms with E-state index in [-0.39, 0.29) is 32.1 Å². The second-order valence-corrected chi connectivity index (χ2v) is 13.6. The molecule has 3 N–H and O–H groups in total. The Morgan fingerprint density at radius 3 is 1.74 bits per heavy atom. The molecule has 0 fully saturated rings. The summed E-state index contributed by atoms with van der Waals surface area (Å²) >= 11 is 0. The molecule has 0 spiro atoms. The van der Waals surface area contributed by atoms with Crippen LogP contribution in [0.15, 0.2) is 72.9 Å². The van der Waals surface area contributed by atoms with Crippen molar-refractivity contribution in [3.05, 3.63) is 72.9 Å². The summed E-state index contributed by atoms with van der Waals surface area (Å²) in [6.07, 6.45) is 42.6. The van der Waals surface area contributed by atoms with Gasteiger partial charge < -0.3 is 20.1 Å². The summed E-state index contributed by atoms with van der Waals surface area (Å²) in [6.45, 7) is 3.30. The summed E-state index contributed by atoms with van der Waals surface area (Å²) in [6, 6.07) is 0. The van der Waals surface area contributed by atoms with Crippen molar-refractivity contribution in [2.75, 3.05) is 26.4 Å². The van der Waals surface area contributed by atoms with Crippen molar-refractivity contribution >= 4 is 19.7 Å². The lowest BCUT2D eigenvalue weighted by Crippen LogP contribution is -2.27. The molecular weight excluding hydrogens is 653 g/mol. The largest absolute Gasteiger partial charge is 0.472 e. The number of aliphatic hydroxyl groups excluding tert-OH is 1. The van der Waals surface area contributed by atoms with Crippen LogP contribution in [0.4, 0.5) is 0 Å². The van der Waals surface area contributed by atoms with Gasteiger partial charge in [-0.15, -0.1) is 0 Å². The van der Waals surface area contributed by atoms with Crippen molar-refractivity contribution in [3.63, 3.8) is 0 Å². The topological polar surface area (TPSA) is 131 Å². The number of allylic oxidation sites excluding steroid dienone is 12. The molecule has 0 aromatic heterocycles. The minimum Gasteiger partial charge on any atom is -0.463 e. The zero-order valence-corrected chi connectivity index (χ0v) is 32.0. The van der Waals surface area contributed by atoms with E-state index in [1.807, 2.05) is 0 Å². The van der Waals surface area contributed by atoms with E-state index >= 15 is 0 Å². The molecule has 10 heteroatoms. The maximum absolute atomic E-state index is 12.0. The standard InChI is InChI=1S/C40H68NO8P/c1-3-5-7-9-11-13-15-17-19-21-23-25-27-29-31-33-40(44)47-36-38(42)37-49-50(45,46)48-35-34-41-39(43)32-30-28-26-24-22-20-18-16-14-12-10-8-6-4-2/h5,7,10-13,16-19,23,25,38,42H,3-4,6,8-9,14-15,20-22,24,26-37H2,1-2H3,(H,41,43)(H,45,46)/b7-5-,12-10-,13-11-,18-16-,19-17-,25-23-. The fourth-order valence-corrected chi connectivity index (χ4v) is 5.26. The average Bonchev–Trinajstić information content (AvgIpc) is 3.10. The SMILES string of the molecule is CC/C=C\C/C=C\C/C=C\C/C=C\CCCCC(=O)OCC(O)COP(=O)(O)OCCNC(=O)CCCCCCC/C=C\C/C=C\CCCC. The molecule has 0 aliphatic rings. The highest BCUT2D eigenvalue weighted by Crippen LogP contribution is 2.42. The van der Waals surface area contributed by atoms with Crippen molar-refractivity contribution in [1.29, 1.82) is 0 Å². The molecule has 0 aromatic rings. The van der Waals surface area contributed by atoms with E-state index in [0.29, 0.717) is 12.8 Å². The number of phosphoric ester groups is 1. The highest BCUT2D eigenvalue weighted by atomic mass is 31.2. The molecule has 0 bridgehead atoms. The molecule has 0 rings (SSSR count). The van der Waals surface area contributed by atoms with E-state index < -0.39 is 26.5 Å². The van der Waals surface area contributed by atoms with Gasteiger partial charge in [0.05, 0.1) is 13.2 Å². The van der Waals surface area contributed by atoms with Gasteiger partial charge in [0, 0.05) is 19.4 Å². The number of phosphoric acid groups is 1.